The number of halogens is 1. The lowest BCUT2D eigenvalue weighted by Gasteiger charge is -2.26. The fourth-order valence-electron chi connectivity index (χ4n) is 3.47. The van der Waals surface area contributed by atoms with Crippen LogP contribution >= 0.6 is 11.6 Å². The topological polar surface area (TPSA) is 69.7 Å². The highest BCUT2D eigenvalue weighted by Crippen LogP contribution is 2.17. The third-order valence-electron chi connectivity index (χ3n) is 5.26. The molecule has 3 rings (SSSR count). The quantitative estimate of drug-likeness (QED) is 0.671. The lowest BCUT2D eigenvalue weighted by molar-refractivity contribution is -0.121. The van der Waals surface area contributed by atoms with Gasteiger partial charge >= 0.3 is 0 Å². The second-order valence-electron chi connectivity index (χ2n) is 7.65. The molecule has 0 unspecified atom stereocenters. The number of hydrogen-bond donors (Lipinski definition) is 1. The van der Waals surface area contributed by atoms with Gasteiger partial charge in [0.15, 0.2) is 0 Å². The molecule has 2 aromatic carbocycles. The molecule has 1 saturated heterocycles. The number of sulfonamides is 1. The van der Waals surface area contributed by atoms with Crippen LogP contribution in [0.5, 0.6) is 0 Å². The Morgan fingerprint density at radius 3 is 2.23 bits per heavy atom. The van der Waals surface area contributed by atoms with Gasteiger partial charge in [0.2, 0.25) is 15.9 Å². The number of piperidine rings is 1. The average Bonchev–Trinajstić information content (AvgIpc) is 2.74. The molecule has 1 heterocycles. The first kappa shape index (κ1) is 22.7. The summed E-state index contributed by atoms with van der Waals surface area (Å²) in [5, 5.41) is 3.24. The first-order chi connectivity index (χ1) is 14.3. The predicted octanol–water partition coefficient (Wildman–Crippen LogP) is 3.26. The molecular formula is C22H28ClN3O3S. The number of benzene rings is 2. The number of nitrogens with zero attached hydrogens (tertiary/aromatic N) is 2. The van der Waals surface area contributed by atoms with Gasteiger partial charge in [0.1, 0.15) is 0 Å². The van der Waals surface area contributed by atoms with Crippen LogP contribution in [-0.4, -0.2) is 50.2 Å². The second-order valence-corrected chi connectivity index (χ2v) is 10.1. The van der Waals surface area contributed by atoms with Crippen LogP contribution in [0.4, 0.5) is 0 Å². The fraction of sp³-hybridized carbons (Fsp3) is 0.409. The van der Waals surface area contributed by atoms with Gasteiger partial charge in [0.05, 0.1) is 11.4 Å². The minimum absolute atomic E-state index is 0.103. The van der Waals surface area contributed by atoms with Crippen molar-refractivity contribution >= 4 is 27.5 Å². The second kappa shape index (κ2) is 10.4. The summed E-state index contributed by atoms with van der Waals surface area (Å²) in [5.41, 5.74) is 2.25. The Hall–Kier alpha value is -1.93. The van der Waals surface area contributed by atoms with E-state index in [1.54, 1.807) is 0 Å². The van der Waals surface area contributed by atoms with Crippen molar-refractivity contribution in [1.29, 1.82) is 0 Å². The van der Waals surface area contributed by atoms with Crippen LogP contribution < -0.4 is 5.32 Å². The maximum Gasteiger partial charge on any atom is 0.243 e. The number of carbonyl (C=O) groups is 1. The summed E-state index contributed by atoms with van der Waals surface area (Å²) >= 11 is 5.81. The Morgan fingerprint density at radius 2 is 1.60 bits per heavy atom. The van der Waals surface area contributed by atoms with Crippen molar-refractivity contribution in [3.8, 4) is 0 Å². The Bertz CT molecular complexity index is 941. The van der Waals surface area contributed by atoms with Gasteiger partial charge in [-0.2, -0.15) is 4.31 Å². The van der Waals surface area contributed by atoms with E-state index in [1.807, 2.05) is 12.1 Å². The minimum Gasteiger partial charge on any atom is -0.351 e. The Balaban J connectivity index is 1.48. The molecule has 0 spiro atoms. The van der Waals surface area contributed by atoms with E-state index in [2.05, 4.69) is 22.3 Å². The third kappa shape index (κ3) is 6.28. The van der Waals surface area contributed by atoms with Crippen LogP contribution in [0.1, 0.15) is 30.4 Å². The van der Waals surface area contributed by atoms with Crippen molar-refractivity contribution in [1.82, 2.24) is 14.5 Å². The first-order valence-electron chi connectivity index (χ1n) is 10.1. The molecule has 0 saturated carbocycles. The third-order valence-corrected chi connectivity index (χ3v) is 7.33. The summed E-state index contributed by atoms with van der Waals surface area (Å²) in [6.45, 7) is 3.38. The SMILES string of the molecule is CN(CC(=O)NCc1ccc(CN2CCCCC2)cc1)S(=O)(=O)c1ccc(Cl)cc1. The number of rotatable bonds is 8. The van der Waals surface area contributed by atoms with Crippen molar-refractivity contribution in [2.75, 3.05) is 26.7 Å². The van der Waals surface area contributed by atoms with Gasteiger partial charge in [-0.15, -0.1) is 0 Å². The molecular weight excluding hydrogens is 422 g/mol. The lowest BCUT2D eigenvalue weighted by Crippen LogP contribution is -2.38. The van der Waals surface area contributed by atoms with Crippen LogP contribution in [0, 0.1) is 0 Å². The Labute approximate surface area is 183 Å². The lowest BCUT2D eigenvalue weighted by atomic mass is 10.1. The summed E-state index contributed by atoms with van der Waals surface area (Å²) in [6, 6.07) is 14.1. The number of nitrogens with one attached hydrogen (secondary N) is 1. The standard InChI is InChI=1S/C22H28ClN3O3S/c1-25(30(28,29)21-11-9-20(23)10-12-21)17-22(27)24-15-18-5-7-19(8-6-18)16-26-13-3-2-4-14-26/h5-12H,2-4,13-17H2,1H3,(H,24,27). The summed E-state index contributed by atoms with van der Waals surface area (Å²) in [7, 11) is -2.36. The van der Waals surface area contributed by atoms with Crippen molar-refractivity contribution in [3.05, 3.63) is 64.7 Å². The highest BCUT2D eigenvalue weighted by Gasteiger charge is 2.22. The van der Waals surface area contributed by atoms with E-state index in [9.17, 15) is 13.2 Å². The van der Waals surface area contributed by atoms with Gasteiger partial charge in [-0.05, 0) is 61.3 Å². The molecule has 0 aliphatic carbocycles. The van der Waals surface area contributed by atoms with Crippen LogP contribution in [-0.2, 0) is 27.9 Å². The monoisotopic (exact) mass is 449 g/mol. The van der Waals surface area contributed by atoms with Gasteiger partial charge in [0.25, 0.3) is 0 Å². The number of amides is 1. The van der Waals surface area contributed by atoms with Crippen LogP contribution in [0.3, 0.4) is 0 Å². The maximum absolute atomic E-state index is 12.6. The maximum atomic E-state index is 12.6. The summed E-state index contributed by atoms with van der Waals surface area (Å²) < 4.78 is 26.1. The predicted molar refractivity (Wildman–Crippen MR) is 119 cm³/mol. The van der Waals surface area contributed by atoms with Crippen LogP contribution in [0.15, 0.2) is 53.4 Å². The van der Waals surface area contributed by atoms with Gasteiger partial charge < -0.3 is 5.32 Å². The molecule has 1 N–H and O–H groups in total. The number of hydrogen-bond acceptors (Lipinski definition) is 4. The summed E-state index contributed by atoms with van der Waals surface area (Å²) in [4.78, 5) is 14.8. The fourth-order valence-corrected chi connectivity index (χ4v) is 4.72. The van der Waals surface area contributed by atoms with E-state index in [0.29, 0.717) is 11.6 Å². The zero-order valence-electron chi connectivity index (χ0n) is 17.2. The zero-order chi connectivity index (χ0) is 21.6. The van der Waals surface area contributed by atoms with Gasteiger partial charge in [0, 0.05) is 25.2 Å². The largest absolute Gasteiger partial charge is 0.351 e. The van der Waals surface area contributed by atoms with E-state index in [-0.39, 0.29) is 17.3 Å². The van der Waals surface area contributed by atoms with Crippen molar-refractivity contribution in [2.45, 2.75) is 37.2 Å². The smallest absolute Gasteiger partial charge is 0.243 e. The molecule has 0 aromatic heterocycles. The van der Waals surface area contributed by atoms with Gasteiger partial charge in [-0.25, -0.2) is 8.42 Å². The molecule has 0 bridgehead atoms. The Morgan fingerprint density at radius 1 is 1.00 bits per heavy atom. The number of carbonyl (C=O) groups excluding carboxylic acids is 1. The van der Waals surface area contributed by atoms with Crippen LogP contribution in [0.25, 0.3) is 0 Å². The normalized spacial score (nSPS) is 15.3. The number of likely N-dealkylation sites (N-methyl/N-ethyl adjacent to an activating group) is 1. The van der Waals surface area contributed by atoms with E-state index < -0.39 is 10.0 Å². The average molecular weight is 450 g/mol. The molecule has 2 aromatic rings. The molecule has 1 fully saturated rings. The van der Waals surface area contributed by atoms with E-state index in [4.69, 9.17) is 11.6 Å². The van der Waals surface area contributed by atoms with Gasteiger partial charge in [-0.3, -0.25) is 9.69 Å². The first-order valence-corrected chi connectivity index (χ1v) is 12.0. The van der Waals surface area contributed by atoms with E-state index in [1.165, 1.54) is 56.1 Å². The highest BCUT2D eigenvalue weighted by atomic mass is 35.5. The molecule has 8 heteroatoms. The molecule has 162 valence electrons. The van der Waals surface area contributed by atoms with Crippen LogP contribution in [0.2, 0.25) is 5.02 Å². The Kier molecular flexibility index (Phi) is 7.88. The summed E-state index contributed by atoms with van der Waals surface area (Å²) in [5.74, 6) is -0.354. The van der Waals surface area contributed by atoms with E-state index >= 15 is 0 Å². The molecule has 0 atom stereocenters. The molecule has 30 heavy (non-hydrogen) atoms. The highest BCUT2D eigenvalue weighted by molar-refractivity contribution is 7.89. The number of likely N-dealkylation sites (tertiary alicyclic amines) is 1. The van der Waals surface area contributed by atoms with Gasteiger partial charge in [-0.1, -0.05) is 42.3 Å². The van der Waals surface area contributed by atoms with E-state index in [0.717, 1.165) is 29.5 Å². The molecule has 0 radical (unpaired) electrons. The zero-order valence-corrected chi connectivity index (χ0v) is 18.8. The minimum atomic E-state index is -3.74. The summed E-state index contributed by atoms with van der Waals surface area (Å²) in [6.07, 6.45) is 3.87. The molecule has 6 nitrogen and oxygen atoms in total. The molecule has 1 aliphatic heterocycles. The van der Waals surface area contributed by atoms with Crippen molar-refractivity contribution in [2.24, 2.45) is 0 Å². The molecule has 1 amide bonds. The molecule has 1 aliphatic rings. The van der Waals surface area contributed by atoms with Crippen molar-refractivity contribution < 1.29 is 13.2 Å². The van der Waals surface area contributed by atoms with Crippen molar-refractivity contribution in [3.63, 3.8) is 0 Å².